The maximum absolute atomic E-state index is 9.17. The van der Waals surface area contributed by atoms with E-state index in [0.29, 0.717) is 0 Å². The molecule has 1 N–H and O–H groups in total. The maximum Gasteiger partial charge on any atom is 0.0789 e. The van der Waals surface area contributed by atoms with Gasteiger partial charge < -0.3 is 9.84 Å². The van der Waals surface area contributed by atoms with Crippen molar-refractivity contribution in [2.45, 2.75) is 31.2 Å². The van der Waals surface area contributed by atoms with Crippen LogP contribution in [0.25, 0.3) is 0 Å². The summed E-state index contributed by atoms with van der Waals surface area (Å²) < 4.78 is 5.40. The van der Waals surface area contributed by atoms with Gasteiger partial charge in [-0.3, -0.25) is 0 Å². The topological polar surface area (TPSA) is 29.5 Å². The summed E-state index contributed by atoms with van der Waals surface area (Å²) in [5.74, 6) is 0. The Hall–Kier alpha value is -0.340. The van der Waals surface area contributed by atoms with Gasteiger partial charge in [0.15, 0.2) is 0 Å². The molecule has 0 spiro atoms. The van der Waals surface area contributed by atoms with Crippen molar-refractivity contribution < 1.29 is 9.84 Å². The van der Waals surface area contributed by atoms with Gasteiger partial charge >= 0.3 is 0 Å². The Morgan fingerprint density at radius 3 is 2.33 bits per heavy atom. The summed E-state index contributed by atoms with van der Waals surface area (Å²) in [7, 11) is 0. The first-order valence-electron chi connectivity index (χ1n) is 3.36. The fraction of sp³-hybridized carbons (Fsp3) is 0.714. The highest BCUT2D eigenvalue weighted by Gasteiger charge is 2.29. The largest absolute Gasteiger partial charge is 0.393 e. The third kappa shape index (κ3) is 0.884. The minimum absolute atomic E-state index is 0.135. The molecule has 0 unspecified atom stereocenters. The van der Waals surface area contributed by atoms with Crippen LogP contribution in [0.3, 0.4) is 0 Å². The van der Waals surface area contributed by atoms with Crippen LogP contribution in [-0.2, 0) is 4.74 Å². The standard InChI is InChI=1S/C7H10O2/c8-5-3-6-1-2-7(4-5)9-6/h1-2,5-8H,3-4H2/t6-,7-/m1/s1. The zero-order valence-corrected chi connectivity index (χ0v) is 5.16. The normalized spacial score (nSPS) is 47.9. The van der Waals surface area contributed by atoms with Crippen molar-refractivity contribution in [1.29, 1.82) is 0 Å². The minimum Gasteiger partial charge on any atom is -0.393 e. The summed E-state index contributed by atoms with van der Waals surface area (Å²) in [6.07, 6.45) is 5.93. The number of hydrogen-bond donors (Lipinski definition) is 1. The molecular weight excluding hydrogens is 116 g/mol. The third-order valence-electron chi connectivity index (χ3n) is 1.90. The van der Waals surface area contributed by atoms with Gasteiger partial charge in [0.1, 0.15) is 0 Å². The first-order chi connectivity index (χ1) is 4.34. The second kappa shape index (κ2) is 1.82. The molecule has 0 aromatic carbocycles. The molecule has 2 heteroatoms. The first kappa shape index (κ1) is 5.45. The molecule has 0 aromatic heterocycles. The van der Waals surface area contributed by atoms with Crippen molar-refractivity contribution in [3.05, 3.63) is 12.2 Å². The quantitative estimate of drug-likeness (QED) is 0.478. The Labute approximate surface area is 54.1 Å². The molecule has 1 fully saturated rings. The fourth-order valence-electron chi connectivity index (χ4n) is 1.46. The summed E-state index contributed by atoms with van der Waals surface area (Å²) in [4.78, 5) is 0. The average Bonchev–Trinajstić information content (AvgIpc) is 2.11. The van der Waals surface area contributed by atoms with E-state index in [0.717, 1.165) is 12.8 Å². The molecule has 0 saturated carbocycles. The van der Waals surface area contributed by atoms with Crippen LogP contribution in [0, 0.1) is 0 Å². The molecule has 2 aliphatic heterocycles. The van der Waals surface area contributed by atoms with E-state index in [1.807, 2.05) is 12.2 Å². The molecule has 9 heavy (non-hydrogen) atoms. The molecule has 50 valence electrons. The van der Waals surface area contributed by atoms with Crippen LogP contribution < -0.4 is 0 Å². The second-order valence-corrected chi connectivity index (χ2v) is 2.72. The fourth-order valence-corrected chi connectivity index (χ4v) is 1.46. The van der Waals surface area contributed by atoms with Gasteiger partial charge in [0, 0.05) is 12.8 Å². The molecule has 0 amide bonds. The number of aliphatic hydroxyl groups is 1. The van der Waals surface area contributed by atoms with Gasteiger partial charge in [-0.05, 0) is 0 Å². The predicted octanol–water partition coefficient (Wildman–Crippen LogP) is 0.465. The highest BCUT2D eigenvalue weighted by molar-refractivity contribution is 5.06. The highest BCUT2D eigenvalue weighted by Crippen LogP contribution is 2.26. The predicted molar refractivity (Wildman–Crippen MR) is 33.0 cm³/mol. The molecule has 2 heterocycles. The van der Waals surface area contributed by atoms with Crippen LogP contribution in [0.1, 0.15) is 12.8 Å². The molecule has 2 atom stereocenters. The van der Waals surface area contributed by atoms with E-state index in [4.69, 9.17) is 4.74 Å². The van der Waals surface area contributed by atoms with Crippen molar-refractivity contribution in [1.82, 2.24) is 0 Å². The van der Waals surface area contributed by atoms with Crippen molar-refractivity contribution in [2.24, 2.45) is 0 Å². The van der Waals surface area contributed by atoms with Crippen molar-refractivity contribution >= 4 is 0 Å². The summed E-state index contributed by atoms with van der Waals surface area (Å²) in [5, 5.41) is 9.17. The smallest absolute Gasteiger partial charge is 0.0789 e. The second-order valence-electron chi connectivity index (χ2n) is 2.72. The van der Waals surface area contributed by atoms with Gasteiger partial charge in [0.2, 0.25) is 0 Å². The van der Waals surface area contributed by atoms with Crippen LogP contribution in [0.15, 0.2) is 12.2 Å². The molecule has 2 aliphatic rings. The lowest BCUT2D eigenvalue weighted by Crippen LogP contribution is -2.28. The zero-order valence-electron chi connectivity index (χ0n) is 5.16. The van der Waals surface area contributed by atoms with E-state index >= 15 is 0 Å². The monoisotopic (exact) mass is 126 g/mol. The van der Waals surface area contributed by atoms with E-state index in [1.54, 1.807) is 0 Å². The molecule has 1 saturated heterocycles. The van der Waals surface area contributed by atoms with Crippen LogP contribution in [0.5, 0.6) is 0 Å². The lowest BCUT2D eigenvalue weighted by atomic mass is 10.1. The van der Waals surface area contributed by atoms with E-state index in [9.17, 15) is 5.11 Å². The van der Waals surface area contributed by atoms with E-state index in [2.05, 4.69) is 0 Å². The van der Waals surface area contributed by atoms with Crippen molar-refractivity contribution in [2.75, 3.05) is 0 Å². The zero-order chi connectivity index (χ0) is 6.27. The first-order valence-corrected chi connectivity index (χ1v) is 3.36. The summed E-state index contributed by atoms with van der Waals surface area (Å²) in [6.45, 7) is 0. The van der Waals surface area contributed by atoms with E-state index in [-0.39, 0.29) is 18.3 Å². The van der Waals surface area contributed by atoms with Crippen LogP contribution in [-0.4, -0.2) is 23.4 Å². The SMILES string of the molecule is OC1C[C@H]2C=C[C@H](C1)O2. The molecule has 2 bridgehead atoms. The molecule has 2 nitrogen and oxygen atoms in total. The van der Waals surface area contributed by atoms with E-state index < -0.39 is 0 Å². The number of ether oxygens (including phenoxy) is 1. The number of rotatable bonds is 0. The van der Waals surface area contributed by atoms with Gasteiger partial charge in [-0.2, -0.15) is 0 Å². The van der Waals surface area contributed by atoms with Crippen LogP contribution in [0.4, 0.5) is 0 Å². The van der Waals surface area contributed by atoms with Gasteiger partial charge in [-0.1, -0.05) is 12.2 Å². The lowest BCUT2D eigenvalue weighted by Gasteiger charge is -2.24. The Morgan fingerprint density at radius 2 is 1.78 bits per heavy atom. The van der Waals surface area contributed by atoms with Gasteiger partial charge in [0.25, 0.3) is 0 Å². The third-order valence-corrected chi connectivity index (χ3v) is 1.90. The average molecular weight is 126 g/mol. The Bertz CT molecular complexity index is 128. The Kier molecular flexibility index (Phi) is 1.10. The molecule has 0 aromatic rings. The van der Waals surface area contributed by atoms with Crippen LogP contribution >= 0.6 is 0 Å². The van der Waals surface area contributed by atoms with Crippen molar-refractivity contribution in [3.8, 4) is 0 Å². The molecule has 0 radical (unpaired) electrons. The summed E-state index contributed by atoms with van der Waals surface area (Å²) in [5.41, 5.74) is 0. The molecular formula is C7H10O2. The van der Waals surface area contributed by atoms with Gasteiger partial charge in [-0.15, -0.1) is 0 Å². The van der Waals surface area contributed by atoms with Crippen LogP contribution in [0.2, 0.25) is 0 Å². The maximum atomic E-state index is 9.17. The minimum atomic E-state index is -0.135. The number of hydrogen-bond acceptors (Lipinski definition) is 2. The highest BCUT2D eigenvalue weighted by atomic mass is 16.5. The van der Waals surface area contributed by atoms with Gasteiger partial charge in [-0.25, -0.2) is 0 Å². The Morgan fingerprint density at radius 1 is 1.22 bits per heavy atom. The van der Waals surface area contributed by atoms with Crippen molar-refractivity contribution in [3.63, 3.8) is 0 Å². The number of fused-ring (bicyclic) bond motifs is 2. The summed E-state index contributed by atoms with van der Waals surface area (Å²) in [6, 6.07) is 0. The Balaban J connectivity index is 2.10. The summed E-state index contributed by atoms with van der Waals surface area (Å²) >= 11 is 0. The van der Waals surface area contributed by atoms with Gasteiger partial charge in [0.05, 0.1) is 18.3 Å². The molecule has 2 rings (SSSR count). The lowest BCUT2D eigenvalue weighted by molar-refractivity contribution is -0.0408. The number of aliphatic hydroxyl groups excluding tert-OH is 1. The van der Waals surface area contributed by atoms with E-state index in [1.165, 1.54) is 0 Å². The molecule has 0 aliphatic carbocycles.